The van der Waals surface area contributed by atoms with Crippen LogP contribution in [0.15, 0.2) is 24.3 Å². The molecule has 24 heavy (non-hydrogen) atoms. The normalized spacial score (nSPS) is 30.8. The number of rotatable bonds is 4. The van der Waals surface area contributed by atoms with Crippen LogP contribution in [0.1, 0.15) is 30.4 Å². The fraction of sp³-hybridized carbons (Fsp3) is 0.650. The molecule has 1 aromatic carbocycles. The van der Waals surface area contributed by atoms with E-state index in [1.54, 1.807) is 0 Å². The SMILES string of the molecule is Cc1cccc(CN2CC[C@]3(CCN(C[C@@H]4CCOC4)C3)C2=O)c1. The van der Waals surface area contributed by atoms with Crippen LogP contribution >= 0.6 is 0 Å². The van der Waals surface area contributed by atoms with Crippen LogP contribution in [0.4, 0.5) is 0 Å². The predicted octanol–water partition coefficient (Wildman–Crippen LogP) is 2.46. The van der Waals surface area contributed by atoms with Gasteiger partial charge in [-0.15, -0.1) is 0 Å². The van der Waals surface area contributed by atoms with Gasteiger partial charge in [0.15, 0.2) is 0 Å². The van der Waals surface area contributed by atoms with E-state index < -0.39 is 0 Å². The summed E-state index contributed by atoms with van der Waals surface area (Å²) < 4.78 is 5.50. The number of ether oxygens (including phenoxy) is 1. The first kappa shape index (κ1) is 16.1. The van der Waals surface area contributed by atoms with E-state index in [4.69, 9.17) is 4.74 Å². The van der Waals surface area contributed by atoms with Crippen molar-refractivity contribution in [2.45, 2.75) is 32.7 Å². The molecule has 3 aliphatic heterocycles. The Hall–Kier alpha value is -1.39. The Kier molecular flexibility index (Phi) is 4.35. The van der Waals surface area contributed by atoms with Gasteiger partial charge >= 0.3 is 0 Å². The first-order chi connectivity index (χ1) is 11.6. The van der Waals surface area contributed by atoms with Crippen LogP contribution < -0.4 is 0 Å². The van der Waals surface area contributed by atoms with Gasteiger partial charge in [0, 0.05) is 32.8 Å². The Bertz CT molecular complexity index is 611. The van der Waals surface area contributed by atoms with E-state index in [-0.39, 0.29) is 5.41 Å². The number of carbonyl (C=O) groups excluding carboxylic acids is 1. The predicted molar refractivity (Wildman–Crippen MR) is 93.6 cm³/mol. The van der Waals surface area contributed by atoms with Crippen LogP contribution in [-0.2, 0) is 16.1 Å². The molecule has 3 heterocycles. The molecule has 4 rings (SSSR count). The third-order valence-electron chi connectivity index (χ3n) is 6.03. The van der Waals surface area contributed by atoms with Gasteiger partial charge in [-0.25, -0.2) is 0 Å². The van der Waals surface area contributed by atoms with E-state index in [1.165, 1.54) is 17.5 Å². The Morgan fingerprint density at radius 1 is 1.29 bits per heavy atom. The summed E-state index contributed by atoms with van der Waals surface area (Å²) in [7, 11) is 0. The summed E-state index contributed by atoms with van der Waals surface area (Å²) >= 11 is 0. The van der Waals surface area contributed by atoms with Crippen molar-refractivity contribution in [3.63, 3.8) is 0 Å². The first-order valence-electron chi connectivity index (χ1n) is 9.30. The molecule has 4 nitrogen and oxygen atoms in total. The number of likely N-dealkylation sites (tertiary alicyclic amines) is 2. The summed E-state index contributed by atoms with van der Waals surface area (Å²) in [5, 5.41) is 0. The maximum absolute atomic E-state index is 13.1. The second-order valence-electron chi connectivity index (χ2n) is 7.96. The van der Waals surface area contributed by atoms with Crippen molar-refractivity contribution in [3.8, 4) is 0 Å². The fourth-order valence-electron chi connectivity index (χ4n) is 4.66. The summed E-state index contributed by atoms with van der Waals surface area (Å²) in [6.45, 7) is 8.72. The lowest BCUT2D eigenvalue weighted by atomic mass is 9.85. The van der Waals surface area contributed by atoms with Gasteiger partial charge < -0.3 is 14.5 Å². The van der Waals surface area contributed by atoms with Crippen molar-refractivity contribution in [1.82, 2.24) is 9.80 Å². The Morgan fingerprint density at radius 2 is 2.17 bits per heavy atom. The molecule has 3 saturated heterocycles. The summed E-state index contributed by atoms with van der Waals surface area (Å²) in [6, 6.07) is 8.52. The average molecular weight is 328 g/mol. The Labute approximate surface area is 144 Å². The van der Waals surface area contributed by atoms with Gasteiger partial charge in [-0.2, -0.15) is 0 Å². The van der Waals surface area contributed by atoms with E-state index in [0.717, 1.165) is 58.8 Å². The number of hydrogen-bond donors (Lipinski definition) is 0. The lowest BCUT2D eigenvalue weighted by Gasteiger charge is -2.25. The van der Waals surface area contributed by atoms with Crippen LogP contribution in [0.5, 0.6) is 0 Å². The number of hydrogen-bond acceptors (Lipinski definition) is 3. The molecular weight excluding hydrogens is 300 g/mol. The van der Waals surface area contributed by atoms with Gasteiger partial charge in [0.1, 0.15) is 0 Å². The van der Waals surface area contributed by atoms with Gasteiger partial charge in [-0.05, 0) is 44.2 Å². The van der Waals surface area contributed by atoms with Crippen molar-refractivity contribution in [3.05, 3.63) is 35.4 Å². The molecule has 0 unspecified atom stereocenters. The summed E-state index contributed by atoms with van der Waals surface area (Å²) in [4.78, 5) is 17.7. The van der Waals surface area contributed by atoms with E-state index >= 15 is 0 Å². The lowest BCUT2D eigenvalue weighted by Crippen LogP contribution is -2.37. The third-order valence-corrected chi connectivity index (χ3v) is 6.03. The zero-order valence-electron chi connectivity index (χ0n) is 14.7. The molecule has 3 aliphatic rings. The second-order valence-corrected chi connectivity index (χ2v) is 7.96. The average Bonchev–Trinajstić information content (AvgIpc) is 3.27. The number of amides is 1. The monoisotopic (exact) mass is 328 g/mol. The van der Waals surface area contributed by atoms with E-state index in [0.29, 0.717) is 11.8 Å². The Morgan fingerprint density at radius 3 is 2.96 bits per heavy atom. The molecular formula is C20H28N2O2. The van der Waals surface area contributed by atoms with Crippen LogP contribution in [0.3, 0.4) is 0 Å². The molecule has 0 aliphatic carbocycles. The minimum absolute atomic E-state index is 0.108. The fourth-order valence-corrected chi connectivity index (χ4v) is 4.66. The van der Waals surface area contributed by atoms with Crippen LogP contribution in [-0.4, -0.2) is 55.1 Å². The quantitative estimate of drug-likeness (QED) is 0.851. The molecule has 0 bridgehead atoms. The molecule has 1 spiro atoms. The number of benzene rings is 1. The summed E-state index contributed by atoms with van der Waals surface area (Å²) in [5.41, 5.74) is 2.40. The molecule has 0 aromatic heterocycles. The third kappa shape index (κ3) is 3.09. The zero-order chi connectivity index (χ0) is 16.6. The van der Waals surface area contributed by atoms with E-state index in [2.05, 4.69) is 41.0 Å². The highest BCUT2D eigenvalue weighted by Gasteiger charge is 2.50. The van der Waals surface area contributed by atoms with Gasteiger partial charge in [-0.1, -0.05) is 29.8 Å². The van der Waals surface area contributed by atoms with Crippen LogP contribution in [0.25, 0.3) is 0 Å². The number of nitrogens with zero attached hydrogens (tertiary/aromatic N) is 2. The Balaban J connectivity index is 1.38. The lowest BCUT2D eigenvalue weighted by molar-refractivity contribution is -0.136. The highest BCUT2D eigenvalue weighted by Crippen LogP contribution is 2.41. The maximum atomic E-state index is 13.1. The molecule has 1 aromatic rings. The highest BCUT2D eigenvalue weighted by molar-refractivity contribution is 5.85. The molecule has 130 valence electrons. The zero-order valence-corrected chi connectivity index (χ0v) is 14.7. The second kappa shape index (κ2) is 6.49. The number of carbonyl (C=O) groups is 1. The van der Waals surface area contributed by atoms with Crippen molar-refractivity contribution in [1.29, 1.82) is 0 Å². The van der Waals surface area contributed by atoms with Crippen molar-refractivity contribution < 1.29 is 9.53 Å². The van der Waals surface area contributed by atoms with Crippen molar-refractivity contribution in [2.75, 3.05) is 39.4 Å². The van der Waals surface area contributed by atoms with Gasteiger partial charge in [0.25, 0.3) is 0 Å². The van der Waals surface area contributed by atoms with Gasteiger partial charge in [-0.3, -0.25) is 4.79 Å². The molecule has 4 heteroatoms. The highest BCUT2D eigenvalue weighted by atomic mass is 16.5. The van der Waals surface area contributed by atoms with E-state index in [9.17, 15) is 4.79 Å². The van der Waals surface area contributed by atoms with Crippen LogP contribution in [0.2, 0.25) is 0 Å². The molecule has 3 fully saturated rings. The summed E-state index contributed by atoms with van der Waals surface area (Å²) in [5.74, 6) is 1.05. The van der Waals surface area contributed by atoms with Crippen molar-refractivity contribution in [2.24, 2.45) is 11.3 Å². The minimum atomic E-state index is -0.108. The molecule has 0 N–H and O–H groups in total. The van der Waals surface area contributed by atoms with Gasteiger partial charge in [0.2, 0.25) is 5.91 Å². The molecule has 0 saturated carbocycles. The maximum Gasteiger partial charge on any atom is 0.230 e. The molecule has 0 radical (unpaired) electrons. The molecule has 1 amide bonds. The molecule has 2 atom stereocenters. The standard InChI is InChI=1S/C20H28N2O2/c1-16-3-2-4-17(11-16)13-22-9-7-20(19(22)23)6-8-21(15-20)12-18-5-10-24-14-18/h2-4,11,18H,5-10,12-15H2,1H3/t18-,20-/m0/s1. The van der Waals surface area contributed by atoms with Gasteiger partial charge in [0.05, 0.1) is 12.0 Å². The first-order valence-corrected chi connectivity index (χ1v) is 9.30. The van der Waals surface area contributed by atoms with E-state index in [1.807, 2.05) is 0 Å². The van der Waals surface area contributed by atoms with Crippen LogP contribution in [0, 0.1) is 18.3 Å². The minimum Gasteiger partial charge on any atom is -0.381 e. The van der Waals surface area contributed by atoms with Crippen molar-refractivity contribution >= 4 is 5.91 Å². The number of aryl methyl sites for hydroxylation is 1. The smallest absolute Gasteiger partial charge is 0.230 e. The topological polar surface area (TPSA) is 32.8 Å². The largest absolute Gasteiger partial charge is 0.381 e. The summed E-state index contributed by atoms with van der Waals surface area (Å²) in [6.07, 6.45) is 3.23.